The van der Waals surface area contributed by atoms with Crippen LogP contribution >= 0.6 is 11.6 Å². The molecular weight excluding hydrogens is 422 g/mol. The highest BCUT2D eigenvalue weighted by Crippen LogP contribution is 2.22. The molecule has 0 aliphatic carbocycles. The lowest BCUT2D eigenvalue weighted by molar-refractivity contribution is 0.241. The Hall–Kier alpha value is -3.35. The van der Waals surface area contributed by atoms with Crippen LogP contribution in [0.2, 0.25) is 5.02 Å². The van der Waals surface area contributed by atoms with Gasteiger partial charge in [0, 0.05) is 59.7 Å². The number of hydrogen-bond acceptors (Lipinski definition) is 5. The predicted octanol–water partition coefficient (Wildman–Crippen LogP) is 4.41. The van der Waals surface area contributed by atoms with E-state index in [0.717, 1.165) is 52.4 Å². The van der Waals surface area contributed by atoms with E-state index in [1.165, 1.54) is 0 Å². The Morgan fingerprint density at radius 2 is 1.81 bits per heavy atom. The number of aromatic amines is 1. The lowest BCUT2D eigenvalue weighted by Crippen LogP contribution is -2.35. The fourth-order valence-electron chi connectivity index (χ4n) is 3.97. The number of H-pyrrole nitrogens is 1. The Morgan fingerprint density at radius 3 is 2.56 bits per heavy atom. The predicted molar refractivity (Wildman–Crippen MR) is 125 cm³/mol. The zero-order chi connectivity index (χ0) is 22.1. The van der Waals surface area contributed by atoms with Gasteiger partial charge >= 0.3 is 0 Å². The molecule has 0 saturated carbocycles. The number of halogens is 1. The summed E-state index contributed by atoms with van der Waals surface area (Å²) in [5.74, 6) is 1.31. The number of hydrogen-bond donors (Lipinski definition) is 1. The largest absolute Gasteiger partial charge is 0.306 e. The second-order valence-electron chi connectivity index (χ2n) is 7.98. The third-order valence-corrected chi connectivity index (χ3v) is 6.02. The maximum Gasteiger partial charge on any atom is 0.255 e. The van der Waals surface area contributed by atoms with Crippen molar-refractivity contribution in [3.05, 3.63) is 98.7 Å². The Labute approximate surface area is 191 Å². The van der Waals surface area contributed by atoms with Crippen molar-refractivity contribution in [2.45, 2.75) is 26.4 Å². The van der Waals surface area contributed by atoms with Gasteiger partial charge in [0.15, 0.2) is 5.82 Å². The average molecular weight is 444 g/mol. The van der Waals surface area contributed by atoms with Crippen LogP contribution in [0.1, 0.15) is 22.5 Å². The normalized spacial score (nSPS) is 13.7. The van der Waals surface area contributed by atoms with Gasteiger partial charge in [0.25, 0.3) is 5.56 Å². The molecule has 1 aliphatic rings. The van der Waals surface area contributed by atoms with E-state index in [-0.39, 0.29) is 5.56 Å². The van der Waals surface area contributed by atoms with E-state index in [2.05, 4.69) is 14.9 Å². The smallest absolute Gasteiger partial charge is 0.255 e. The first-order valence-electron chi connectivity index (χ1n) is 10.5. The van der Waals surface area contributed by atoms with E-state index in [1.54, 1.807) is 12.1 Å². The second kappa shape index (κ2) is 8.65. The van der Waals surface area contributed by atoms with Crippen LogP contribution in [0.15, 0.2) is 65.6 Å². The van der Waals surface area contributed by atoms with Crippen LogP contribution < -0.4 is 5.56 Å². The van der Waals surface area contributed by atoms with Crippen molar-refractivity contribution in [1.82, 2.24) is 24.8 Å². The quantitative estimate of drug-likeness (QED) is 0.505. The summed E-state index contributed by atoms with van der Waals surface area (Å²) in [6, 6.07) is 17.3. The Balaban J connectivity index is 1.35. The number of aromatic nitrogens is 4. The standard InChI is InChI=1S/C25H22ClN5O/c1-16-19(13-27-23(28-16)17-5-3-2-4-6-17)14-31-12-11-22-21(15-31)25(32)30-24(29-22)18-7-9-20(26)10-8-18/h2-10,13H,11-12,14-15H2,1H3,(H,29,30,32). The number of nitrogens with one attached hydrogen (secondary N) is 1. The molecule has 2 aromatic heterocycles. The molecule has 0 amide bonds. The number of benzene rings is 2. The minimum absolute atomic E-state index is 0.0861. The van der Waals surface area contributed by atoms with Gasteiger partial charge in [-0.15, -0.1) is 0 Å². The van der Waals surface area contributed by atoms with Crippen molar-refractivity contribution in [1.29, 1.82) is 0 Å². The molecule has 0 unspecified atom stereocenters. The van der Waals surface area contributed by atoms with Crippen molar-refractivity contribution < 1.29 is 0 Å². The highest BCUT2D eigenvalue weighted by atomic mass is 35.5. The van der Waals surface area contributed by atoms with Gasteiger partial charge < -0.3 is 4.98 Å². The third kappa shape index (κ3) is 4.20. The molecule has 5 rings (SSSR count). The van der Waals surface area contributed by atoms with E-state index in [4.69, 9.17) is 21.6 Å². The van der Waals surface area contributed by atoms with Gasteiger partial charge in [-0.25, -0.2) is 15.0 Å². The van der Waals surface area contributed by atoms with Crippen LogP contribution in [0.25, 0.3) is 22.8 Å². The monoisotopic (exact) mass is 443 g/mol. The maximum atomic E-state index is 12.8. The van der Waals surface area contributed by atoms with Gasteiger partial charge in [-0.3, -0.25) is 9.69 Å². The molecule has 0 fully saturated rings. The van der Waals surface area contributed by atoms with E-state index in [9.17, 15) is 4.79 Å². The molecule has 1 aliphatic heterocycles. The number of fused-ring (bicyclic) bond motifs is 1. The molecule has 0 radical (unpaired) electrons. The third-order valence-electron chi connectivity index (χ3n) is 5.77. The van der Waals surface area contributed by atoms with E-state index < -0.39 is 0 Å². The van der Waals surface area contributed by atoms with Gasteiger partial charge in [0.2, 0.25) is 0 Å². The van der Waals surface area contributed by atoms with Crippen LogP contribution in [-0.2, 0) is 19.5 Å². The molecule has 6 nitrogen and oxygen atoms in total. The first kappa shape index (κ1) is 20.5. The maximum absolute atomic E-state index is 12.8. The van der Waals surface area contributed by atoms with Crippen molar-refractivity contribution in [3.63, 3.8) is 0 Å². The lowest BCUT2D eigenvalue weighted by atomic mass is 10.1. The molecule has 2 aromatic carbocycles. The van der Waals surface area contributed by atoms with Gasteiger partial charge in [-0.2, -0.15) is 0 Å². The molecule has 0 spiro atoms. The Morgan fingerprint density at radius 1 is 1.03 bits per heavy atom. The summed E-state index contributed by atoms with van der Waals surface area (Å²) < 4.78 is 0. The van der Waals surface area contributed by atoms with Crippen LogP contribution in [0.5, 0.6) is 0 Å². The van der Waals surface area contributed by atoms with E-state index in [1.807, 2.05) is 55.6 Å². The Kier molecular flexibility index (Phi) is 5.55. The number of rotatable bonds is 4. The highest BCUT2D eigenvalue weighted by Gasteiger charge is 2.22. The fraction of sp³-hybridized carbons (Fsp3) is 0.200. The van der Waals surface area contributed by atoms with E-state index >= 15 is 0 Å². The summed E-state index contributed by atoms with van der Waals surface area (Å²) in [5, 5.41) is 0.653. The molecule has 3 heterocycles. The molecule has 0 atom stereocenters. The minimum atomic E-state index is -0.0861. The zero-order valence-corrected chi connectivity index (χ0v) is 18.4. The molecule has 0 bridgehead atoms. The van der Waals surface area contributed by atoms with Crippen LogP contribution in [-0.4, -0.2) is 31.4 Å². The molecule has 32 heavy (non-hydrogen) atoms. The number of nitrogens with zero attached hydrogens (tertiary/aromatic N) is 4. The molecule has 4 aromatic rings. The average Bonchev–Trinajstić information content (AvgIpc) is 2.82. The summed E-state index contributed by atoms with van der Waals surface area (Å²) in [6.07, 6.45) is 2.62. The van der Waals surface area contributed by atoms with Crippen molar-refractivity contribution in [2.75, 3.05) is 6.54 Å². The second-order valence-corrected chi connectivity index (χ2v) is 8.41. The first-order chi connectivity index (χ1) is 15.6. The van der Waals surface area contributed by atoms with Gasteiger partial charge in [0.05, 0.1) is 11.3 Å². The molecule has 0 saturated heterocycles. The summed E-state index contributed by atoms with van der Waals surface area (Å²) in [7, 11) is 0. The van der Waals surface area contributed by atoms with Gasteiger partial charge in [-0.1, -0.05) is 41.9 Å². The Bertz CT molecular complexity index is 1320. The van der Waals surface area contributed by atoms with Crippen LogP contribution in [0, 0.1) is 6.92 Å². The van der Waals surface area contributed by atoms with Crippen LogP contribution in [0.3, 0.4) is 0 Å². The molecule has 7 heteroatoms. The zero-order valence-electron chi connectivity index (χ0n) is 17.7. The summed E-state index contributed by atoms with van der Waals surface area (Å²) in [4.78, 5) is 32.0. The number of aryl methyl sites for hydroxylation is 1. The van der Waals surface area contributed by atoms with Crippen molar-refractivity contribution in [3.8, 4) is 22.8 Å². The van der Waals surface area contributed by atoms with Crippen molar-refractivity contribution in [2.24, 2.45) is 0 Å². The topological polar surface area (TPSA) is 74.8 Å². The van der Waals surface area contributed by atoms with Crippen molar-refractivity contribution >= 4 is 11.6 Å². The molecule has 1 N–H and O–H groups in total. The lowest BCUT2D eigenvalue weighted by Gasteiger charge is -2.28. The summed E-state index contributed by atoms with van der Waals surface area (Å²) >= 11 is 5.97. The first-order valence-corrected chi connectivity index (χ1v) is 10.9. The summed E-state index contributed by atoms with van der Waals surface area (Å²) in [5.41, 5.74) is 5.38. The van der Waals surface area contributed by atoms with Gasteiger partial charge in [-0.05, 0) is 31.2 Å². The molecule has 160 valence electrons. The SMILES string of the molecule is Cc1nc(-c2ccccc2)ncc1CN1CCc2nc(-c3ccc(Cl)cc3)[nH]c(=O)c2C1. The van der Waals surface area contributed by atoms with E-state index in [0.29, 0.717) is 23.9 Å². The fourth-order valence-corrected chi connectivity index (χ4v) is 4.10. The van der Waals surface area contributed by atoms with Crippen LogP contribution in [0.4, 0.5) is 0 Å². The van der Waals surface area contributed by atoms with Gasteiger partial charge in [0.1, 0.15) is 5.82 Å². The highest BCUT2D eigenvalue weighted by molar-refractivity contribution is 6.30. The minimum Gasteiger partial charge on any atom is -0.306 e. The summed E-state index contributed by atoms with van der Waals surface area (Å²) in [6.45, 7) is 4.08. The molecular formula is C25H22ClN5O.